The Balaban J connectivity index is 2.34. The van der Waals surface area contributed by atoms with Crippen molar-refractivity contribution in [3.05, 3.63) is 36.8 Å². The van der Waals surface area contributed by atoms with Crippen LogP contribution in [0.3, 0.4) is 0 Å². The van der Waals surface area contributed by atoms with Crippen molar-refractivity contribution in [2.45, 2.75) is 18.9 Å². The Kier molecular flexibility index (Phi) is 5.36. The van der Waals surface area contributed by atoms with Gasteiger partial charge >= 0.3 is 0 Å². The van der Waals surface area contributed by atoms with E-state index >= 15 is 0 Å². The standard InChI is InChI=1S/C12H17NO3/c1-3-4-7-12(14)13-9-11(15-2)10-6-5-8-16-10/h3,5-6,8,11H,1,4,7,9H2,2H3,(H,13,14)/t11-/m1/s1. The lowest BCUT2D eigenvalue weighted by atomic mass is 10.2. The highest BCUT2D eigenvalue weighted by atomic mass is 16.5. The van der Waals surface area contributed by atoms with Crippen LogP contribution >= 0.6 is 0 Å². The van der Waals surface area contributed by atoms with Gasteiger partial charge in [0.15, 0.2) is 0 Å². The lowest BCUT2D eigenvalue weighted by Gasteiger charge is -2.13. The molecule has 4 heteroatoms. The number of hydrogen-bond donors (Lipinski definition) is 1. The summed E-state index contributed by atoms with van der Waals surface area (Å²) < 4.78 is 10.4. The number of nitrogens with one attached hydrogen (secondary N) is 1. The van der Waals surface area contributed by atoms with Crippen molar-refractivity contribution in [1.82, 2.24) is 5.32 Å². The zero-order valence-electron chi connectivity index (χ0n) is 9.44. The van der Waals surface area contributed by atoms with Gasteiger partial charge in [-0.3, -0.25) is 4.79 Å². The number of allylic oxidation sites excluding steroid dienone is 1. The molecule has 0 spiro atoms. The number of furan rings is 1. The third kappa shape index (κ3) is 3.90. The molecule has 0 radical (unpaired) electrons. The number of hydrogen-bond acceptors (Lipinski definition) is 3. The Bertz CT molecular complexity index is 319. The number of rotatable bonds is 7. The molecule has 88 valence electrons. The fraction of sp³-hybridized carbons (Fsp3) is 0.417. The molecule has 0 saturated carbocycles. The first-order valence-electron chi connectivity index (χ1n) is 5.21. The molecule has 0 unspecified atom stereocenters. The molecule has 0 aliphatic carbocycles. The van der Waals surface area contributed by atoms with E-state index in [1.54, 1.807) is 25.5 Å². The highest BCUT2D eigenvalue weighted by Gasteiger charge is 2.13. The summed E-state index contributed by atoms with van der Waals surface area (Å²) in [6.45, 7) is 3.98. The summed E-state index contributed by atoms with van der Waals surface area (Å²) >= 11 is 0. The highest BCUT2D eigenvalue weighted by Crippen LogP contribution is 2.15. The topological polar surface area (TPSA) is 51.5 Å². The van der Waals surface area contributed by atoms with Gasteiger partial charge in [-0.25, -0.2) is 0 Å². The fourth-order valence-corrected chi connectivity index (χ4v) is 1.30. The molecule has 1 atom stereocenters. The van der Waals surface area contributed by atoms with E-state index in [9.17, 15) is 4.79 Å². The number of ether oxygens (including phenoxy) is 1. The quantitative estimate of drug-likeness (QED) is 0.720. The number of carbonyl (C=O) groups is 1. The molecule has 1 heterocycles. The monoisotopic (exact) mass is 223 g/mol. The Morgan fingerprint density at radius 1 is 1.75 bits per heavy atom. The average molecular weight is 223 g/mol. The van der Waals surface area contributed by atoms with Gasteiger partial charge in [0.25, 0.3) is 0 Å². The molecule has 4 nitrogen and oxygen atoms in total. The summed E-state index contributed by atoms with van der Waals surface area (Å²) in [7, 11) is 1.59. The van der Waals surface area contributed by atoms with Gasteiger partial charge in [-0.2, -0.15) is 0 Å². The van der Waals surface area contributed by atoms with Crippen molar-refractivity contribution in [2.75, 3.05) is 13.7 Å². The number of amides is 1. The van der Waals surface area contributed by atoms with Crippen molar-refractivity contribution in [3.8, 4) is 0 Å². The number of methoxy groups -OCH3 is 1. The fourth-order valence-electron chi connectivity index (χ4n) is 1.30. The van der Waals surface area contributed by atoms with Crippen molar-refractivity contribution in [1.29, 1.82) is 0 Å². The maximum absolute atomic E-state index is 11.3. The maximum atomic E-state index is 11.3. The Morgan fingerprint density at radius 3 is 3.12 bits per heavy atom. The average Bonchev–Trinajstić information content (AvgIpc) is 2.81. The van der Waals surface area contributed by atoms with Crippen LogP contribution in [0.1, 0.15) is 24.7 Å². The van der Waals surface area contributed by atoms with Crippen molar-refractivity contribution < 1.29 is 13.9 Å². The molecule has 1 rings (SSSR count). The van der Waals surface area contributed by atoms with E-state index in [1.807, 2.05) is 6.07 Å². The highest BCUT2D eigenvalue weighted by molar-refractivity contribution is 5.76. The zero-order chi connectivity index (χ0) is 11.8. The minimum Gasteiger partial charge on any atom is -0.467 e. The first kappa shape index (κ1) is 12.5. The van der Waals surface area contributed by atoms with Crippen molar-refractivity contribution in [3.63, 3.8) is 0 Å². The van der Waals surface area contributed by atoms with E-state index in [0.29, 0.717) is 25.1 Å². The molecule has 0 bridgehead atoms. The van der Waals surface area contributed by atoms with Gasteiger partial charge in [0, 0.05) is 13.5 Å². The molecule has 16 heavy (non-hydrogen) atoms. The molecule has 1 N–H and O–H groups in total. The third-order valence-electron chi connectivity index (χ3n) is 2.21. The van der Waals surface area contributed by atoms with Crippen LogP contribution in [0.4, 0.5) is 0 Å². The van der Waals surface area contributed by atoms with Crippen LogP contribution in [0.25, 0.3) is 0 Å². The summed E-state index contributed by atoms with van der Waals surface area (Å²) in [6.07, 6.45) is 4.21. The van der Waals surface area contributed by atoms with Crippen LogP contribution in [0.5, 0.6) is 0 Å². The van der Waals surface area contributed by atoms with Gasteiger partial charge in [0.05, 0.1) is 12.8 Å². The minimum absolute atomic E-state index is 0.00601. The number of carbonyl (C=O) groups excluding carboxylic acids is 1. The van der Waals surface area contributed by atoms with E-state index in [0.717, 1.165) is 0 Å². The van der Waals surface area contributed by atoms with Crippen LogP contribution < -0.4 is 5.32 Å². The summed E-state index contributed by atoms with van der Waals surface area (Å²) in [4.78, 5) is 11.3. The smallest absolute Gasteiger partial charge is 0.220 e. The van der Waals surface area contributed by atoms with Gasteiger partial charge in [-0.15, -0.1) is 6.58 Å². The second kappa shape index (κ2) is 6.85. The minimum atomic E-state index is -0.234. The summed E-state index contributed by atoms with van der Waals surface area (Å²) in [5, 5.41) is 2.79. The predicted octanol–water partition coefficient (Wildman–Crippen LogP) is 2.05. The Hall–Kier alpha value is -1.55. The van der Waals surface area contributed by atoms with Crippen molar-refractivity contribution in [2.24, 2.45) is 0 Å². The lowest BCUT2D eigenvalue weighted by Crippen LogP contribution is -2.28. The molecular weight excluding hydrogens is 206 g/mol. The molecule has 0 aliphatic heterocycles. The SMILES string of the molecule is C=CCCC(=O)NC[C@@H](OC)c1ccco1. The van der Waals surface area contributed by atoms with Gasteiger partial charge in [-0.1, -0.05) is 6.08 Å². The Labute approximate surface area is 95.3 Å². The summed E-state index contributed by atoms with van der Waals surface area (Å²) in [5.74, 6) is 0.708. The van der Waals surface area contributed by atoms with Gasteiger partial charge in [0.1, 0.15) is 11.9 Å². The molecular formula is C12H17NO3. The molecule has 0 aromatic carbocycles. The van der Waals surface area contributed by atoms with Crippen LogP contribution in [-0.2, 0) is 9.53 Å². The maximum Gasteiger partial charge on any atom is 0.220 e. The molecule has 1 aromatic rings. The lowest BCUT2D eigenvalue weighted by molar-refractivity contribution is -0.121. The van der Waals surface area contributed by atoms with Crippen LogP contribution in [0, 0.1) is 0 Å². The largest absolute Gasteiger partial charge is 0.467 e. The normalized spacial score (nSPS) is 12.1. The first-order chi connectivity index (χ1) is 7.77. The molecule has 1 amide bonds. The first-order valence-corrected chi connectivity index (χ1v) is 5.21. The molecule has 0 aliphatic rings. The van der Waals surface area contributed by atoms with E-state index in [1.165, 1.54) is 0 Å². The zero-order valence-corrected chi connectivity index (χ0v) is 9.44. The van der Waals surface area contributed by atoms with Crippen LogP contribution in [0.2, 0.25) is 0 Å². The van der Waals surface area contributed by atoms with Gasteiger partial charge in [-0.05, 0) is 18.6 Å². The second-order valence-electron chi connectivity index (χ2n) is 3.37. The second-order valence-corrected chi connectivity index (χ2v) is 3.37. The van der Waals surface area contributed by atoms with E-state index < -0.39 is 0 Å². The van der Waals surface area contributed by atoms with E-state index in [4.69, 9.17) is 9.15 Å². The Morgan fingerprint density at radius 2 is 2.56 bits per heavy atom. The summed E-state index contributed by atoms with van der Waals surface area (Å²) in [5.41, 5.74) is 0. The summed E-state index contributed by atoms with van der Waals surface area (Å²) in [6, 6.07) is 3.62. The molecule has 1 aromatic heterocycles. The van der Waals surface area contributed by atoms with E-state index in [-0.39, 0.29) is 12.0 Å². The van der Waals surface area contributed by atoms with Gasteiger partial charge in [0.2, 0.25) is 5.91 Å². The van der Waals surface area contributed by atoms with Crippen LogP contribution in [0.15, 0.2) is 35.5 Å². The molecule has 0 saturated heterocycles. The van der Waals surface area contributed by atoms with Crippen LogP contribution in [-0.4, -0.2) is 19.6 Å². The van der Waals surface area contributed by atoms with Gasteiger partial charge < -0.3 is 14.5 Å². The van der Waals surface area contributed by atoms with Crippen molar-refractivity contribution >= 4 is 5.91 Å². The predicted molar refractivity (Wildman–Crippen MR) is 60.9 cm³/mol. The molecule has 0 fully saturated rings. The third-order valence-corrected chi connectivity index (χ3v) is 2.21. The van der Waals surface area contributed by atoms with E-state index in [2.05, 4.69) is 11.9 Å².